The van der Waals surface area contributed by atoms with Crippen LogP contribution >= 0.6 is 0 Å². The topological polar surface area (TPSA) is 27.1 Å². The highest BCUT2D eigenvalue weighted by molar-refractivity contribution is 5.00. The highest BCUT2D eigenvalue weighted by Gasteiger charge is 2.15. The van der Waals surface area contributed by atoms with E-state index in [2.05, 4.69) is 22.9 Å². The Labute approximate surface area is 86.1 Å². The van der Waals surface area contributed by atoms with Crippen LogP contribution in [0.1, 0.15) is 38.3 Å². The molecule has 0 radical (unpaired) electrons. The van der Waals surface area contributed by atoms with Gasteiger partial charge in [-0.3, -0.25) is 4.68 Å². The minimum atomic E-state index is 0.562. The van der Waals surface area contributed by atoms with Crippen molar-refractivity contribution in [2.75, 3.05) is 13.2 Å². The van der Waals surface area contributed by atoms with E-state index in [9.17, 15) is 0 Å². The molecule has 0 N–H and O–H groups in total. The van der Waals surface area contributed by atoms with Crippen molar-refractivity contribution in [3.63, 3.8) is 0 Å². The molecule has 1 saturated heterocycles. The fraction of sp³-hybridized carbons (Fsp3) is 0.727. The van der Waals surface area contributed by atoms with E-state index in [1.807, 2.05) is 20.0 Å². The number of nitrogens with zero attached hydrogens (tertiary/aromatic N) is 2. The molecule has 3 nitrogen and oxygen atoms in total. The van der Waals surface area contributed by atoms with Gasteiger partial charge in [0.25, 0.3) is 0 Å². The zero-order valence-electron chi connectivity index (χ0n) is 9.36. The summed E-state index contributed by atoms with van der Waals surface area (Å²) in [6.07, 6.45) is 6.22. The third kappa shape index (κ3) is 2.84. The summed E-state index contributed by atoms with van der Waals surface area (Å²) >= 11 is 0. The molecule has 3 heteroatoms. The van der Waals surface area contributed by atoms with Gasteiger partial charge in [0.05, 0.1) is 12.2 Å². The van der Waals surface area contributed by atoms with E-state index < -0.39 is 0 Å². The van der Waals surface area contributed by atoms with Gasteiger partial charge < -0.3 is 4.74 Å². The molecule has 0 aliphatic carbocycles. The summed E-state index contributed by atoms with van der Waals surface area (Å²) < 4.78 is 7.35. The number of hydrogen-bond donors (Lipinski definition) is 0. The first-order valence-corrected chi connectivity index (χ1v) is 5.45. The van der Waals surface area contributed by atoms with Crippen molar-refractivity contribution in [3.05, 3.63) is 18.0 Å². The van der Waals surface area contributed by atoms with Crippen LogP contribution in [0.3, 0.4) is 0 Å². The molecule has 0 aromatic carbocycles. The number of aromatic nitrogens is 2. The maximum atomic E-state index is 5.29. The Balaban J connectivity index is 0.000000461. The quantitative estimate of drug-likeness (QED) is 0.690. The predicted molar refractivity (Wildman–Crippen MR) is 57.4 cm³/mol. The SMILES string of the molecule is CC.Cc1cnn(C2CCOCC2)c1. The van der Waals surface area contributed by atoms with Gasteiger partial charge in [-0.25, -0.2) is 0 Å². The molecule has 2 heterocycles. The van der Waals surface area contributed by atoms with E-state index in [0.29, 0.717) is 6.04 Å². The molecule has 1 aliphatic rings. The highest BCUT2D eigenvalue weighted by atomic mass is 16.5. The second-order valence-corrected chi connectivity index (χ2v) is 3.34. The molecular formula is C11H20N2O. The average Bonchev–Trinajstić information content (AvgIpc) is 2.69. The third-order valence-electron chi connectivity index (χ3n) is 2.30. The minimum absolute atomic E-state index is 0.562. The van der Waals surface area contributed by atoms with Crippen LogP contribution in [0.25, 0.3) is 0 Å². The summed E-state index contributed by atoms with van der Waals surface area (Å²) in [4.78, 5) is 0. The molecule has 0 bridgehead atoms. The standard InChI is InChI=1S/C9H14N2O.C2H6/c1-8-6-10-11(7-8)9-2-4-12-5-3-9;1-2/h6-7,9H,2-5H2,1H3;1-2H3. The van der Waals surface area contributed by atoms with Gasteiger partial charge in [-0.15, -0.1) is 0 Å². The molecule has 1 aromatic rings. The van der Waals surface area contributed by atoms with Crippen LogP contribution in [0.15, 0.2) is 12.4 Å². The van der Waals surface area contributed by atoms with Gasteiger partial charge in [-0.05, 0) is 25.3 Å². The summed E-state index contributed by atoms with van der Waals surface area (Å²) in [7, 11) is 0. The first-order valence-electron chi connectivity index (χ1n) is 5.45. The van der Waals surface area contributed by atoms with E-state index in [4.69, 9.17) is 4.74 Å². The normalized spacial score (nSPS) is 17.4. The summed E-state index contributed by atoms with van der Waals surface area (Å²) in [5.74, 6) is 0. The van der Waals surface area contributed by atoms with E-state index in [1.165, 1.54) is 5.56 Å². The lowest BCUT2D eigenvalue weighted by Crippen LogP contribution is -2.19. The van der Waals surface area contributed by atoms with Crippen LogP contribution in [-0.2, 0) is 4.74 Å². The van der Waals surface area contributed by atoms with Crippen molar-refractivity contribution in [2.24, 2.45) is 0 Å². The van der Waals surface area contributed by atoms with E-state index in [1.54, 1.807) is 0 Å². The maximum absolute atomic E-state index is 5.29. The third-order valence-corrected chi connectivity index (χ3v) is 2.30. The molecule has 2 rings (SSSR count). The first-order chi connectivity index (χ1) is 6.86. The number of aryl methyl sites for hydroxylation is 1. The molecule has 0 spiro atoms. The van der Waals surface area contributed by atoms with E-state index in [0.717, 1.165) is 26.1 Å². The predicted octanol–water partition coefficient (Wildman–Crippen LogP) is 2.57. The molecule has 0 atom stereocenters. The van der Waals surface area contributed by atoms with Crippen LogP contribution in [0.4, 0.5) is 0 Å². The molecule has 0 amide bonds. The van der Waals surface area contributed by atoms with Gasteiger partial charge in [-0.2, -0.15) is 5.10 Å². The van der Waals surface area contributed by atoms with Crippen molar-refractivity contribution < 1.29 is 4.74 Å². The molecule has 80 valence electrons. The molecular weight excluding hydrogens is 176 g/mol. The average molecular weight is 196 g/mol. The van der Waals surface area contributed by atoms with E-state index >= 15 is 0 Å². The van der Waals surface area contributed by atoms with Crippen LogP contribution in [0.2, 0.25) is 0 Å². The van der Waals surface area contributed by atoms with Gasteiger partial charge >= 0.3 is 0 Å². The molecule has 1 fully saturated rings. The Morgan fingerprint density at radius 1 is 1.36 bits per heavy atom. The Hall–Kier alpha value is -0.830. The van der Waals surface area contributed by atoms with Crippen molar-refractivity contribution in [1.82, 2.24) is 9.78 Å². The van der Waals surface area contributed by atoms with Crippen LogP contribution in [0.5, 0.6) is 0 Å². The van der Waals surface area contributed by atoms with E-state index in [-0.39, 0.29) is 0 Å². The summed E-state index contributed by atoms with van der Waals surface area (Å²) in [6, 6.07) is 0.562. The van der Waals surface area contributed by atoms with Crippen molar-refractivity contribution in [2.45, 2.75) is 39.7 Å². The zero-order chi connectivity index (χ0) is 10.4. The largest absolute Gasteiger partial charge is 0.381 e. The molecule has 0 saturated carbocycles. The van der Waals surface area contributed by atoms with Crippen LogP contribution in [-0.4, -0.2) is 23.0 Å². The summed E-state index contributed by atoms with van der Waals surface area (Å²) in [6.45, 7) is 7.83. The van der Waals surface area contributed by atoms with Gasteiger partial charge in [0, 0.05) is 19.4 Å². The van der Waals surface area contributed by atoms with Gasteiger partial charge in [0.1, 0.15) is 0 Å². The number of ether oxygens (including phenoxy) is 1. The fourth-order valence-electron chi connectivity index (χ4n) is 1.58. The number of hydrogen-bond acceptors (Lipinski definition) is 2. The van der Waals surface area contributed by atoms with Crippen molar-refractivity contribution in [3.8, 4) is 0 Å². The molecule has 1 aliphatic heterocycles. The minimum Gasteiger partial charge on any atom is -0.381 e. The molecule has 0 unspecified atom stereocenters. The van der Waals surface area contributed by atoms with Crippen LogP contribution in [0, 0.1) is 6.92 Å². The van der Waals surface area contributed by atoms with Gasteiger partial charge in [0.15, 0.2) is 0 Å². The summed E-state index contributed by atoms with van der Waals surface area (Å²) in [5, 5.41) is 4.30. The second kappa shape index (κ2) is 5.81. The van der Waals surface area contributed by atoms with Crippen molar-refractivity contribution in [1.29, 1.82) is 0 Å². The lowest BCUT2D eigenvalue weighted by Gasteiger charge is -2.22. The lowest BCUT2D eigenvalue weighted by molar-refractivity contribution is 0.0662. The number of rotatable bonds is 1. The molecule has 1 aromatic heterocycles. The van der Waals surface area contributed by atoms with Crippen molar-refractivity contribution >= 4 is 0 Å². The smallest absolute Gasteiger partial charge is 0.0563 e. The fourth-order valence-corrected chi connectivity index (χ4v) is 1.58. The summed E-state index contributed by atoms with van der Waals surface area (Å²) in [5.41, 5.74) is 1.24. The van der Waals surface area contributed by atoms with Crippen LogP contribution < -0.4 is 0 Å². The maximum Gasteiger partial charge on any atom is 0.0563 e. The lowest BCUT2D eigenvalue weighted by atomic mass is 10.1. The first kappa shape index (κ1) is 11.2. The second-order valence-electron chi connectivity index (χ2n) is 3.34. The van der Waals surface area contributed by atoms with Gasteiger partial charge in [0.2, 0.25) is 0 Å². The Morgan fingerprint density at radius 3 is 2.50 bits per heavy atom. The zero-order valence-corrected chi connectivity index (χ0v) is 9.36. The molecule has 14 heavy (non-hydrogen) atoms. The highest BCUT2D eigenvalue weighted by Crippen LogP contribution is 2.19. The van der Waals surface area contributed by atoms with Gasteiger partial charge in [-0.1, -0.05) is 13.8 Å². The monoisotopic (exact) mass is 196 g/mol. The Bertz CT molecular complexity index is 252. The Morgan fingerprint density at radius 2 is 2.00 bits per heavy atom. The Kier molecular flexibility index (Phi) is 4.66.